The molecule has 4 aliphatic heterocycles. The Morgan fingerprint density at radius 2 is 1.62 bits per heavy atom. The maximum Gasteiger partial charge on any atom is 0.415 e. The maximum atomic E-state index is 14.4. The summed E-state index contributed by atoms with van der Waals surface area (Å²) in [4.78, 5) is 117. The maximum absolute atomic E-state index is 14.4. The first-order chi connectivity index (χ1) is 38.2. The highest BCUT2D eigenvalue weighted by molar-refractivity contribution is 7.99. The minimum Gasteiger partial charge on any atom is -0.481 e. The molecule has 0 radical (unpaired) electrons. The molecular formula is C56H74N10O12S. The molecule has 7 heterocycles. The number of carbonyl (C=O) groups excluding carboxylic acids is 6. The molecule has 22 nitrogen and oxygen atoms in total. The number of fused-ring (bicyclic) bond motifs is 5. The molecule has 23 heteroatoms. The first kappa shape index (κ1) is 58.3. The first-order valence-corrected chi connectivity index (χ1v) is 29.2. The van der Waals surface area contributed by atoms with E-state index in [9.17, 15) is 38.4 Å². The predicted octanol–water partition coefficient (Wildman–Crippen LogP) is 5.06. The van der Waals surface area contributed by atoms with Gasteiger partial charge in [0.2, 0.25) is 23.3 Å². The van der Waals surface area contributed by atoms with Crippen LogP contribution < -0.4 is 15.6 Å². The Bertz CT molecular complexity index is 2970. The molecule has 4 aromatic rings. The number of carboxylic acids is 1. The second-order valence-corrected chi connectivity index (χ2v) is 21.7. The number of hydrogen-bond donors (Lipinski definition) is 2. The van der Waals surface area contributed by atoms with Crippen molar-refractivity contribution in [3.8, 4) is 17.1 Å². The third-order valence-corrected chi connectivity index (χ3v) is 16.5. The summed E-state index contributed by atoms with van der Waals surface area (Å²) in [5.41, 5.74) is 2.11. The largest absolute Gasteiger partial charge is 0.481 e. The molecule has 2 saturated heterocycles. The van der Waals surface area contributed by atoms with Crippen molar-refractivity contribution in [3.63, 3.8) is 0 Å². The molecule has 4 amide bonds. The van der Waals surface area contributed by atoms with E-state index in [1.165, 1.54) is 35.7 Å². The van der Waals surface area contributed by atoms with E-state index in [-0.39, 0.29) is 92.4 Å². The zero-order valence-corrected chi connectivity index (χ0v) is 46.7. The van der Waals surface area contributed by atoms with Gasteiger partial charge in [-0.3, -0.25) is 24.0 Å². The van der Waals surface area contributed by atoms with E-state index in [4.69, 9.17) is 24.3 Å². The lowest BCUT2D eigenvalue weighted by molar-refractivity contribution is -0.190. The number of nitrogens with one attached hydrogen (secondary N) is 1. The van der Waals surface area contributed by atoms with E-state index in [1.54, 1.807) is 58.4 Å². The molecule has 8 rings (SSSR count). The second kappa shape index (κ2) is 26.9. The molecule has 0 bridgehead atoms. The number of amides is 4. The average molecular weight is 1110 g/mol. The fraction of sp³-hybridized carbons (Fsp3) is 0.589. The summed E-state index contributed by atoms with van der Waals surface area (Å²) in [6, 6.07) is 7.60. The third kappa shape index (κ3) is 13.8. The van der Waals surface area contributed by atoms with Gasteiger partial charge in [-0.2, -0.15) is 11.8 Å². The molecule has 426 valence electrons. The van der Waals surface area contributed by atoms with Crippen molar-refractivity contribution in [2.24, 2.45) is 0 Å². The van der Waals surface area contributed by atoms with Gasteiger partial charge in [-0.05, 0) is 94.3 Å². The van der Waals surface area contributed by atoms with Crippen molar-refractivity contribution in [2.45, 2.75) is 143 Å². The van der Waals surface area contributed by atoms with E-state index in [0.29, 0.717) is 104 Å². The number of rotatable bonds is 25. The van der Waals surface area contributed by atoms with Gasteiger partial charge in [0.25, 0.3) is 5.56 Å². The number of pyridine rings is 2. The second-order valence-electron chi connectivity index (χ2n) is 20.5. The van der Waals surface area contributed by atoms with Gasteiger partial charge in [-0.25, -0.2) is 24.0 Å². The number of carbonyl (C=O) groups is 7. The van der Waals surface area contributed by atoms with E-state index < -0.39 is 30.1 Å². The number of piperidine rings is 2. The molecule has 0 spiro atoms. The quantitative estimate of drug-likeness (QED) is 0.0572. The number of ether oxygens (including phenoxy) is 3. The number of aliphatic carboxylic acids is 1. The van der Waals surface area contributed by atoms with Crippen LogP contribution in [0.15, 0.2) is 35.3 Å². The lowest BCUT2D eigenvalue weighted by Crippen LogP contribution is -2.48. The molecule has 1 atom stereocenters. The van der Waals surface area contributed by atoms with Crippen LogP contribution in [0.5, 0.6) is 5.75 Å². The van der Waals surface area contributed by atoms with Gasteiger partial charge in [0.1, 0.15) is 18.9 Å². The summed E-state index contributed by atoms with van der Waals surface area (Å²) < 4.78 is 20.5. The van der Waals surface area contributed by atoms with Gasteiger partial charge in [0.05, 0.1) is 41.1 Å². The van der Waals surface area contributed by atoms with Gasteiger partial charge in [-0.15, -0.1) is 5.10 Å². The molecule has 3 aromatic heterocycles. The number of aryl methyl sites for hydroxylation is 2. The van der Waals surface area contributed by atoms with Crippen molar-refractivity contribution in [1.29, 1.82) is 0 Å². The fourth-order valence-electron chi connectivity index (χ4n) is 11.2. The van der Waals surface area contributed by atoms with Crippen LogP contribution in [0.25, 0.3) is 22.3 Å². The standard InChI is InChI=1S/C56H74N10O12S/c1-5-40-41-31-39(77-55(75)64-23-17-38(18-24-64)61-21-10-9-11-22-61)15-16-45(41)58-52-42(40)34-66-46(52)32-44-43(53(66)73)36-76-54(74)56(44,8-4)78-51(72)35-65-33-37(59-60-65)13-12-14-47(67)57-20-25-62(48(68)6-2)26-27-63(49(69)7-3)28-30-79-29-19-50(70)71/h15-16,31-33,38H,5-14,17-30,34-36H2,1-4H3,(H,57,67)(H,70,71)/t56-/m0/s1. The molecule has 4 aliphatic rings. The van der Waals surface area contributed by atoms with E-state index in [2.05, 4.69) is 20.5 Å². The van der Waals surface area contributed by atoms with Crippen molar-refractivity contribution in [3.05, 3.63) is 68.8 Å². The molecule has 0 aliphatic carbocycles. The Labute approximate surface area is 463 Å². The van der Waals surface area contributed by atoms with Gasteiger partial charge >= 0.3 is 24.0 Å². The number of cyclic esters (lactones) is 1. The van der Waals surface area contributed by atoms with Crippen LogP contribution in [0.3, 0.4) is 0 Å². The number of esters is 2. The number of benzene rings is 1. The molecule has 0 unspecified atom stereocenters. The number of hydrogen-bond acceptors (Lipinski definition) is 16. The van der Waals surface area contributed by atoms with Crippen molar-refractivity contribution < 1.29 is 52.9 Å². The van der Waals surface area contributed by atoms with Crippen LogP contribution in [-0.2, 0) is 76.4 Å². The Morgan fingerprint density at radius 3 is 2.32 bits per heavy atom. The highest BCUT2D eigenvalue weighted by atomic mass is 32.2. The van der Waals surface area contributed by atoms with E-state index in [0.717, 1.165) is 42.4 Å². The van der Waals surface area contributed by atoms with Crippen LogP contribution >= 0.6 is 11.8 Å². The lowest BCUT2D eigenvalue weighted by atomic mass is 9.85. The molecule has 79 heavy (non-hydrogen) atoms. The highest BCUT2D eigenvalue weighted by Crippen LogP contribution is 2.42. The Morgan fingerprint density at radius 1 is 0.886 bits per heavy atom. The predicted molar refractivity (Wildman–Crippen MR) is 293 cm³/mol. The summed E-state index contributed by atoms with van der Waals surface area (Å²) in [6.07, 6.45) is 8.90. The highest BCUT2D eigenvalue weighted by Gasteiger charge is 2.50. The monoisotopic (exact) mass is 1110 g/mol. The molecule has 1 aromatic carbocycles. The van der Waals surface area contributed by atoms with Gasteiger partial charge in [0, 0.05) is 105 Å². The lowest BCUT2D eigenvalue weighted by Gasteiger charge is -2.39. The van der Waals surface area contributed by atoms with Crippen LogP contribution in [0.2, 0.25) is 0 Å². The van der Waals surface area contributed by atoms with Gasteiger partial charge < -0.3 is 48.8 Å². The van der Waals surface area contributed by atoms with Crippen molar-refractivity contribution >= 4 is 64.4 Å². The Hall–Kier alpha value is -6.88. The van der Waals surface area contributed by atoms with Crippen LogP contribution in [0, 0.1) is 0 Å². The normalized spacial score (nSPS) is 17.1. The summed E-state index contributed by atoms with van der Waals surface area (Å²) in [5, 5.41) is 20.8. The van der Waals surface area contributed by atoms with Crippen LogP contribution in [0.4, 0.5) is 4.79 Å². The summed E-state index contributed by atoms with van der Waals surface area (Å²) in [6.45, 7) is 11.8. The molecule has 2 fully saturated rings. The number of nitrogens with zero attached hydrogens (tertiary/aromatic N) is 9. The molecule has 0 saturated carbocycles. The number of likely N-dealkylation sites (tertiary alicyclic amines) is 2. The molecule has 2 N–H and O–H groups in total. The minimum absolute atomic E-state index is 0.0298. The topological polar surface area (TPSA) is 258 Å². The SMILES string of the molecule is CCC(=O)N(CCNC(=O)CCCc1cn(CC(=O)O[C@]2(CC)C(=O)OCc3c2cc2n(c3=O)Cc3c-2nc2ccc(OC(=O)N4CCC(N5CCCCC5)CC4)cc2c3CC)nn1)CCN(CCSCCC(=O)O)C(=O)CC. The molecular weight excluding hydrogens is 1040 g/mol. The third-order valence-electron chi connectivity index (χ3n) is 15.6. The van der Waals surface area contributed by atoms with Crippen LogP contribution in [-0.4, -0.2) is 167 Å². The summed E-state index contributed by atoms with van der Waals surface area (Å²) in [7, 11) is 0. The summed E-state index contributed by atoms with van der Waals surface area (Å²) >= 11 is 1.46. The average Bonchev–Trinajstić information content (AvgIpc) is 3.44. The van der Waals surface area contributed by atoms with Crippen LogP contribution in [0.1, 0.15) is 126 Å². The number of thioether (sulfide) groups is 1. The van der Waals surface area contributed by atoms with E-state index in [1.807, 2.05) is 19.1 Å². The van der Waals surface area contributed by atoms with Gasteiger partial charge in [0.15, 0.2) is 0 Å². The Kier molecular flexibility index (Phi) is 19.8. The fourth-order valence-corrected chi connectivity index (χ4v) is 12.1. The first-order valence-electron chi connectivity index (χ1n) is 28.0. The Balaban J connectivity index is 0.855. The van der Waals surface area contributed by atoms with Crippen molar-refractivity contribution in [1.82, 2.24) is 49.5 Å². The smallest absolute Gasteiger partial charge is 0.415 e. The van der Waals surface area contributed by atoms with Crippen molar-refractivity contribution in [2.75, 3.05) is 70.4 Å². The number of carboxylic acid groups (broad SMARTS) is 1. The van der Waals surface area contributed by atoms with E-state index >= 15 is 0 Å². The van der Waals surface area contributed by atoms with Gasteiger partial charge in [-0.1, -0.05) is 39.3 Å². The minimum atomic E-state index is -1.94. The summed E-state index contributed by atoms with van der Waals surface area (Å²) in [5.74, 6) is -1.44. The zero-order chi connectivity index (χ0) is 56.2. The number of aromatic nitrogens is 5. The zero-order valence-electron chi connectivity index (χ0n) is 45.9.